The SMILES string of the molecule is COc1cc(-c2cccn3cc(-c4ccc(Cl)cc4)nc23)cc(OC)c1OC. The molecule has 6 heteroatoms. The van der Waals surface area contributed by atoms with Crippen LogP contribution in [0.4, 0.5) is 0 Å². The fourth-order valence-corrected chi connectivity index (χ4v) is 3.36. The number of halogens is 1. The van der Waals surface area contributed by atoms with Crippen LogP contribution in [0.3, 0.4) is 0 Å². The van der Waals surface area contributed by atoms with Crippen molar-refractivity contribution in [2.24, 2.45) is 0 Å². The molecule has 0 unspecified atom stereocenters. The van der Waals surface area contributed by atoms with E-state index in [1.165, 1.54) is 0 Å². The van der Waals surface area contributed by atoms with E-state index in [1.807, 2.05) is 65.3 Å². The third-order valence-electron chi connectivity index (χ3n) is 4.60. The lowest BCUT2D eigenvalue weighted by molar-refractivity contribution is 0.324. The Hall–Kier alpha value is -3.18. The molecule has 4 rings (SSSR count). The van der Waals surface area contributed by atoms with Crippen molar-refractivity contribution in [2.45, 2.75) is 0 Å². The van der Waals surface area contributed by atoms with Crippen LogP contribution in [0.2, 0.25) is 5.02 Å². The number of methoxy groups -OCH3 is 3. The zero-order valence-electron chi connectivity index (χ0n) is 15.8. The largest absolute Gasteiger partial charge is 0.493 e. The highest BCUT2D eigenvalue weighted by Gasteiger charge is 2.16. The first kappa shape index (κ1) is 18.2. The summed E-state index contributed by atoms with van der Waals surface area (Å²) in [4.78, 5) is 4.85. The van der Waals surface area contributed by atoms with Crippen molar-refractivity contribution in [1.29, 1.82) is 0 Å². The van der Waals surface area contributed by atoms with Crippen LogP contribution in [0, 0.1) is 0 Å². The summed E-state index contributed by atoms with van der Waals surface area (Å²) in [5.41, 5.74) is 4.59. The highest BCUT2D eigenvalue weighted by atomic mass is 35.5. The van der Waals surface area contributed by atoms with E-state index in [-0.39, 0.29) is 0 Å². The minimum atomic E-state index is 0.561. The Bertz CT molecular complexity index is 1110. The molecule has 4 aromatic rings. The molecule has 0 saturated carbocycles. The molecule has 28 heavy (non-hydrogen) atoms. The zero-order valence-corrected chi connectivity index (χ0v) is 16.5. The first-order valence-corrected chi connectivity index (χ1v) is 9.06. The third kappa shape index (κ3) is 3.14. The summed E-state index contributed by atoms with van der Waals surface area (Å²) in [6.45, 7) is 0. The second-order valence-corrected chi connectivity index (χ2v) is 6.64. The Morgan fingerprint density at radius 2 is 1.54 bits per heavy atom. The van der Waals surface area contributed by atoms with Crippen molar-refractivity contribution in [2.75, 3.05) is 21.3 Å². The summed E-state index contributed by atoms with van der Waals surface area (Å²) in [7, 11) is 4.80. The van der Waals surface area contributed by atoms with E-state index in [0.29, 0.717) is 22.3 Å². The van der Waals surface area contributed by atoms with Gasteiger partial charge < -0.3 is 18.6 Å². The van der Waals surface area contributed by atoms with Crippen molar-refractivity contribution in [3.8, 4) is 39.6 Å². The van der Waals surface area contributed by atoms with Crippen LogP contribution < -0.4 is 14.2 Å². The van der Waals surface area contributed by atoms with Gasteiger partial charge in [0.15, 0.2) is 11.5 Å². The Balaban J connectivity index is 1.89. The molecule has 0 amide bonds. The highest BCUT2D eigenvalue weighted by Crippen LogP contribution is 2.42. The molecule has 0 aliphatic carbocycles. The molecular formula is C22H19ClN2O3. The lowest BCUT2D eigenvalue weighted by Crippen LogP contribution is -1.96. The van der Waals surface area contributed by atoms with E-state index in [9.17, 15) is 0 Å². The summed E-state index contributed by atoms with van der Waals surface area (Å²) < 4.78 is 18.4. The molecule has 2 aromatic heterocycles. The van der Waals surface area contributed by atoms with E-state index in [1.54, 1.807) is 21.3 Å². The number of pyridine rings is 1. The van der Waals surface area contributed by atoms with Crippen LogP contribution in [0.1, 0.15) is 0 Å². The molecule has 0 fully saturated rings. The van der Waals surface area contributed by atoms with Crippen molar-refractivity contribution >= 4 is 17.2 Å². The normalized spacial score (nSPS) is 10.9. The molecule has 0 aliphatic rings. The number of fused-ring (bicyclic) bond motifs is 1. The molecule has 2 aromatic carbocycles. The Labute approximate surface area is 168 Å². The monoisotopic (exact) mass is 394 g/mol. The minimum absolute atomic E-state index is 0.561. The number of hydrogen-bond acceptors (Lipinski definition) is 4. The van der Waals surface area contributed by atoms with E-state index < -0.39 is 0 Å². The number of nitrogens with zero attached hydrogens (tertiary/aromatic N) is 2. The number of benzene rings is 2. The maximum atomic E-state index is 6.01. The van der Waals surface area contributed by atoms with Gasteiger partial charge in [-0.25, -0.2) is 4.98 Å². The molecule has 0 radical (unpaired) electrons. The highest BCUT2D eigenvalue weighted by molar-refractivity contribution is 6.30. The Kier molecular flexibility index (Phi) is 4.84. The van der Waals surface area contributed by atoms with Gasteiger partial charge in [0.1, 0.15) is 5.65 Å². The van der Waals surface area contributed by atoms with E-state index in [2.05, 4.69) is 0 Å². The lowest BCUT2D eigenvalue weighted by atomic mass is 10.1. The van der Waals surface area contributed by atoms with Crippen LogP contribution in [-0.4, -0.2) is 30.7 Å². The minimum Gasteiger partial charge on any atom is -0.493 e. The van der Waals surface area contributed by atoms with Gasteiger partial charge in [0.25, 0.3) is 0 Å². The molecule has 0 atom stereocenters. The third-order valence-corrected chi connectivity index (χ3v) is 4.85. The summed E-state index contributed by atoms with van der Waals surface area (Å²) in [6, 6.07) is 15.5. The number of imidazole rings is 1. The topological polar surface area (TPSA) is 45.0 Å². The molecule has 0 N–H and O–H groups in total. The van der Waals surface area contributed by atoms with Gasteiger partial charge in [-0.05, 0) is 42.0 Å². The summed E-state index contributed by atoms with van der Waals surface area (Å²) >= 11 is 6.01. The Morgan fingerprint density at radius 3 is 2.14 bits per heavy atom. The van der Waals surface area contributed by atoms with Gasteiger partial charge in [-0.2, -0.15) is 0 Å². The zero-order chi connectivity index (χ0) is 19.7. The van der Waals surface area contributed by atoms with Gasteiger partial charge in [-0.15, -0.1) is 0 Å². The standard InChI is InChI=1S/C22H19ClN2O3/c1-26-19-11-15(12-20(27-2)21(19)28-3)17-5-4-10-25-13-18(24-22(17)25)14-6-8-16(23)9-7-14/h4-13H,1-3H3. The van der Waals surface area contributed by atoms with Crippen LogP contribution in [0.5, 0.6) is 17.2 Å². The molecule has 2 heterocycles. The van der Waals surface area contributed by atoms with Gasteiger partial charge in [-0.1, -0.05) is 23.7 Å². The maximum absolute atomic E-state index is 6.01. The van der Waals surface area contributed by atoms with Crippen LogP contribution >= 0.6 is 11.6 Å². The predicted molar refractivity (Wildman–Crippen MR) is 111 cm³/mol. The van der Waals surface area contributed by atoms with Gasteiger partial charge >= 0.3 is 0 Å². The first-order chi connectivity index (χ1) is 13.6. The van der Waals surface area contributed by atoms with Crippen molar-refractivity contribution < 1.29 is 14.2 Å². The molecule has 0 aliphatic heterocycles. The molecule has 142 valence electrons. The van der Waals surface area contributed by atoms with E-state index in [4.69, 9.17) is 30.8 Å². The van der Waals surface area contributed by atoms with E-state index in [0.717, 1.165) is 28.0 Å². The molecule has 0 bridgehead atoms. The molecule has 0 spiro atoms. The summed E-state index contributed by atoms with van der Waals surface area (Å²) in [6.07, 6.45) is 3.98. The van der Waals surface area contributed by atoms with Crippen molar-refractivity contribution in [1.82, 2.24) is 9.38 Å². The van der Waals surface area contributed by atoms with Gasteiger partial charge in [0.05, 0.1) is 27.0 Å². The number of ether oxygens (including phenoxy) is 3. The number of hydrogen-bond donors (Lipinski definition) is 0. The van der Waals surface area contributed by atoms with Crippen LogP contribution in [0.25, 0.3) is 28.0 Å². The second kappa shape index (κ2) is 7.44. The summed E-state index contributed by atoms with van der Waals surface area (Å²) in [5.74, 6) is 1.76. The maximum Gasteiger partial charge on any atom is 0.203 e. The van der Waals surface area contributed by atoms with Crippen LogP contribution in [0.15, 0.2) is 60.9 Å². The Morgan fingerprint density at radius 1 is 0.857 bits per heavy atom. The molecule has 5 nitrogen and oxygen atoms in total. The fourth-order valence-electron chi connectivity index (χ4n) is 3.23. The summed E-state index contributed by atoms with van der Waals surface area (Å²) in [5, 5.41) is 0.700. The second-order valence-electron chi connectivity index (χ2n) is 6.20. The lowest BCUT2D eigenvalue weighted by Gasteiger charge is -2.14. The van der Waals surface area contributed by atoms with E-state index >= 15 is 0 Å². The number of rotatable bonds is 5. The molecular weight excluding hydrogens is 376 g/mol. The fraction of sp³-hybridized carbons (Fsp3) is 0.136. The van der Waals surface area contributed by atoms with Gasteiger partial charge in [-0.3, -0.25) is 0 Å². The van der Waals surface area contributed by atoms with Crippen molar-refractivity contribution in [3.05, 3.63) is 65.9 Å². The van der Waals surface area contributed by atoms with Gasteiger partial charge in [0.2, 0.25) is 5.75 Å². The number of aromatic nitrogens is 2. The average molecular weight is 395 g/mol. The first-order valence-electron chi connectivity index (χ1n) is 8.68. The quantitative estimate of drug-likeness (QED) is 0.458. The average Bonchev–Trinajstić information content (AvgIpc) is 3.17. The van der Waals surface area contributed by atoms with Crippen LogP contribution in [-0.2, 0) is 0 Å². The van der Waals surface area contributed by atoms with Crippen molar-refractivity contribution in [3.63, 3.8) is 0 Å². The van der Waals surface area contributed by atoms with Gasteiger partial charge in [0, 0.05) is 28.5 Å². The molecule has 0 saturated heterocycles. The smallest absolute Gasteiger partial charge is 0.203 e. The predicted octanol–water partition coefficient (Wildman–Crippen LogP) is 5.35.